The van der Waals surface area contributed by atoms with Crippen LogP contribution in [0.15, 0.2) is 6.07 Å². The third-order valence-corrected chi connectivity index (χ3v) is 2.42. The van der Waals surface area contributed by atoms with Gasteiger partial charge < -0.3 is 5.73 Å². The number of hydrogen-bond acceptors (Lipinski definition) is 1. The molecule has 0 bridgehead atoms. The van der Waals surface area contributed by atoms with Crippen LogP contribution in [0.25, 0.3) is 0 Å². The zero-order valence-electron chi connectivity index (χ0n) is 7.99. The Morgan fingerprint density at radius 2 is 1.80 bits per heavy atom. The normalized spacial score (nSPS) is 10.7. The highest BCUT2D eigenvalue weighted by atomic mass is 35.5. The molecule has 5 heteroatoms. The average Bonchev–Trinajstić information content (AvgIpc) is 2.23. The fourth-order valence-corrected chi connectivity index (χ4v) is 1.40. The number of aryl methyl sites for hydroxylation is 1. The summed E-state index contributed by atoms with van der Waals surface area (Å²) >= 11 is 5.21. The zero-order valence-corrected chi connectivity index (χ0v) is 8.75. The van der Waals surface area contributed by atoms with E-state index in [4.69, 9.17) is 17.3 Å². The first-order chi connectivity index (χ1) is 7.07. The molecule has 1 nitrogen and oxygen atoms in total. The molecule has 0 unspecified atom stereocenters. The van der Waals surface area contributed by atoms with E-state index < -0.39 is 22.5 Å². The monoisotopic (exact) mass is 237 g/mol. The van der Waals surface area contributed by atoms with Crippen molar-refractivity contribution in [3.05, 3.63) is 34.1 Å². The highest BCUT2D eigenvalue weighted by molar-refractivity contribution is 6.30. The molecule has 15 heavy (non-hydrogen) atoms. The first-order valence-electron chi connectivity index (χ1n) is 4.60. The lowest BCUT2D eigenvalue weighted by Gasteiger charge is -2.05. The number of halogens is 4. The van der Waals surface area contributed by atoms with Gasteiger partial charge in [-0.25, -0.2) is 13.2 Å². The molecule has 0 heterocycles. The van der Waals surface area contributed by atoms with Gasteiger partial charge in [0.15, 0.2) is 11.6 Å². The van der Waals surface area contributed by atoms with Gasteiger partial charge in [-0.15, -0.1) is 0 Å². The van der Waals surface area contributed by atoms with Gasteiger partial charge in [-0.05, 0) is 37.4 Å². The Hall–Kier alpha value is -0.740. The van der Waals surface area contributed by atoms with Crippen molar-refractivity contribution >= 4 is 11.6 Å². The maximum absolute atomic E-state index is 13.2. The standard InChI is InChI=1S/C10H11ClF3N/c11-8-7(12)5-6(3-1-2-4-15)9(13)10(8)14/h5H,1-4,15H2. The van der Waals surface area contributed by atoms with Crippen molar-refractivity contribution in [3.63, 3.8) is 0 Å². The summed E-state index contributed by atoms with van der Waals surface area (Å²) in [5.74, 6) is -3.32. The summed E-state index contributed by atoms with van der Waals surface area (Å²) in [6.07, 6.45) is 1.53. The van der Waals surface area contributed by atoms with Crippen LogP contribution in [0.1, 0.15) is 18.4 Å². The number of unbranched alkanes of at least 4 members (excludes halogenated alkanes) is 1. The minimum atomic E-state index is -1.32. The van der Waals surface area contributed by atoms with Crippen molar-refractivity contribution in [1.82, 2.24) is 0 Å². The van der Waals surface area contributed by atoms with Crippen LogP contribution >= 0.6 is 11.6 Å². The van der Waals surface area contributed by atoms with Crippen LogP contribution in [0.3, 0.4) is 0 Å². The molecule has 0 aromatic heterocycles. The second-order valence-electron chi connectivity index (χ2n) is 3.21. The molecule has 1 rings (SSSR count). The van der Waals surface area contributed by atoms with E-state index >= 15 is 0 Å². The van der Waals surface area contributed by atoms with Crippen molar-refractivity contribution in [2.45, 2.75) is 19.3 Å². The molecule has 84 valence electrons. The molecule has 0 amide bonds. The van der Waals surface area contributed by atoms with Crippen LogP contribution < -0.4 is 5.73 Å². The molecule has 0 aliphatic carbocycles. The van der Waals surface area contributed by atoms with E-state index in [2.05, 4.69) is 0 Å². The molecule has 0 aliphatic heterocycles. The van der Waals surface area contributed by atoms with Gasteiger partial charge in [0.1, 0.15) is 10.8 Å². The van der Waals surface area contributed by atoms with Crippen LogP contribution in [0.5, 0.6) is 0 Å². The number of rotatable bonds is 4. The molecule has 1 aromatic carbocycles. The molecule has 0 saturated heterocycles. The van der Waals surface area contributed by atoms with Crippen LogP contribution in [-0.4, -0.2) is 6.54 Å². The molecule has 0 radical (unpaired) electrons. The van der Waals surface area contributed by atoms with Gasteiger partial charge in [-0.3, -0.25) is 0 Å². The minimum Gasteiger partial charge on any atom is -0.330 e. The number of hydrogen-bond donors (Lipinski definition) is 1. The Labute approximate surface area is 91.0 Å². The lowest BCUT2D eigenvalue weighted by atomic mass is 10.1. The lowest BCUT2D eigenvalue weighted by molar-refractivity contribution is 0.483. The summed E-state index contributed by atoms with van der Waals surface area (Å²) in [6.45, 7) is 0.472. The summed E-state index contributed by atoms with van der Waals surface area (Å²) < 4.78 is 39.2. The zero-order chi connectivity index (χ0) is 11.4. The van der Waals surface area contributed by atoms with Gasteiger partial charge in [-0.1, -0.05) is 11.6 Å². The predicted molar refractivity (Wildman–Crippen MR) is 53.3 cm³/mol. The maximum Gasteiger partial charge on any atom is 0.180 e. The molecular formula is C10H11ClF3N. The molecule has 1 aromatic rings. The van der Waals surface area contributed by atoms with Gasteiger partial charge in [-0.2, -0.15) is 0 Å². The van der Waals surface area contributed by atoms with E-state index in [1.807, 2.05) is 0 Å². The molecule has 0 saturated carbocycles. The SMILES string of the molecule is NCCCCc1cc(F)c(Cl)c(F)c1F. The van der Waals surface area contributed by atoms with E-state index in [1.54, 1.807) is 0 Å². The maximum atomic E-state index is 13.2. The lowest BCUT2D eigenvalue weighted by Crippen LogP contribution is -2.02. The summed E-state index contributed by atoms with van der Waals surface area (Å²) in [5.41, 5.74) is 5.25. The first-order valence-corrected chi connectivity index (χ1v) is 4.97. The molecule has 0 fully saturated rings. The van der Waals surface area contributed by atoms with Gasteiger partial charge in [0.25, 0.3) is 0 Å². The van der Waals surface area contributed by atoms with E-state index in [0.717, 1.165) is 6.07 Å². The highest BCUT2D eigenvalue weighted by Crippen LogP contribution is 2.25. The van der Waals surface area contributed by atoms with E-state index in [9.17, 15) is 13.2 Å². The van der Waals surface area contributed by atoms with Crippen LogP contribution in [0.2, 0.25) is 5.02 Å². The Morgan fingerprint density at radius 1 is 1.13 bits per heavy atom. The quantitative estimate of drug-likeness (QED) is 0.486. The minimum absolute atomic E-state index is 0.00264. The topological polar surface area (TPSA) is 26.0 Å². The summed E-state index contributed by atoms with van der Waals surface area (Å²) in [6, 6.07) is 0.928. The van der Waals surface area contributed by atoms with Crippen molar-refractivity contribution in [1.29, 1.82) is 0 Å². The Kier molecular flexibility index (Phi) is 4.42. The van der Waals surface area contributed by atoms with E-state index in [1.165, 1.54) is 0 Å². The Balaban J connectivity index is 2.89. The summed E-state index contributed by atoms with van der Waals surface area (Å²) in [5, 5.41) is -0.796. The highest BCUT2D eigenvalue weighted by Gasteiger charge is 2.16. The van der Waals surface area contributed by atoms with Crippen LogP contribution in [-0.2, 0) is 6.42 Å². The first kappa shape index (κ1) is 12.3. The van der Waals surface area contributed by atoms with Crippen molar-refractivity contribution in [2.24, 2.45) is 5.73 Å². The van der Waals surface area contributed by atoms with Crippen molar-refractivity contribution < 1.29 is 13.2 Å². The Bertz CT molecular complexity index is 355. The molecule has 0 aliphatic rings. The summed E-state index contributed by atoms with van der Waals surface area (Å²) in [7, 11) is 0. The molecule has 2 N–H and O–H groups in total. The molecular weight excluding hydrogens is 227 g/mol. The van der Waals surface area contributed by atoms with Gasteiger partial charge in [0.2, 0.25) is 0 Å². The van der Waals surface area contributed by atoms with E-state index in [0.29, 0.717) is 19.4 Å². The fourth-order valence-electron chi connectivity index (χ4n) is 1.26. The molecule has 0 spiro atoms. The largest absolute Gasteiger partial charge is 0.330 e. The van der Waals surface area contributed by atoms with E-state index in [-0.39, 0.29) is 12.0 Å². The van der Waals surface area contributed by atoms with Crippen LogP contribution in [0, 0.1) is 17.5 Å². The van der Waals surface area contributed by atoms with Crippen molar-refractivity contribution in [3.8, 4) is 0 Å². The van der Waals surface area contributed by atoms with Gasteiger partial charge in [0, 0.05) is 0 Å². The number of nitrogens with two attached hydrogens (primary N) is 1. The smallest absolute Gasteiger partial charge is 0.180 e. The Morgan fingerprint density at radius 3 is 2.40 bits per heavy atom. The second kappa shape index (κ2) is 5.37. The van der Waals surface area contributed by atoms with Crippen LogP contribution in [0.4, 0.5) is 13.2 Å². The van der Waals surface area contributed by atoms with Gasteiger partial charge >= 0.3 is 0 Å². The fraction of sp³-hybridized carbons (Fsp3) is 0.400. The van der Waals surface area contributed by atoms with Gasteiger partial charge in [0.05, 0.1) is 0 Å². The third kappa shape index (κ3) is 2.86. The number of benzene rings is 1. The summed E-state index contributed by atoms with van der Waals surface area (Å²) in [4.78, 5) is 0. The predicted octanol–water partition coefficient (Wildman–Crippen LogP) is 3.04. The van der Waals surface area contributed by atoms with Crippen molar-refractivity contribution in [2.75, 3.05) is 6.54 Å². The second-order valence-corrected chi connectivity index (χ2v) is 3.58. The average molecular weight is 238 g/mol. The molecule has 0 atom stereocenters. The third-order valence-electron chi connectivity index (χ3n) is 2.08.